The maximum Gasteiger partial charge on any atom is 0.158 e. The highest BCUT2D eigenvalue weighted by atomic mass is 35.5. The smallest absolute Gasteiger partial charge is 0.158 e. The lowest BCUT2D eigenvalue weighted by Gasteiger charge is -2.16. The molecule has 0 radical (unpaired) electrons. The Bertz CT molecular complexity index is 357. The van der Waals surface area contributed by atoms with Crippen LogP contribution in [-0.2, 0) is 9.47 Å². The van der Waals surface area contributed by atoms with Gasteiger partial charge < -0.3 is 15.2 Å². The summed E-state index contributed by atoms with van der Waals surface area (Å²) in [7, 11) is 0. The highest BCUT2D eigenvalue weighted by Gasteiger charge is 2.08. The van der Waals surface area contributed by atoms with Crippen molar-refractivity contribution < 1.29 is 9.47 Å². The molecule has 0 atom stereocenters. The zero-order valence-corrected chi connectivity index (χ0v) is 12.4. The Morgan fingerprint density at radius 1 is 1.28 bits per heavy atom. The second-order valence-electron chi connectivity index (χ2n) is 3.67. The molecule has 0 amide bonds. The van der Waals surface area contributed by atoms with Gasteiger partial charge in [-0.1, -0.05) is 11.6 Å². The highest BCUT2D eigenvalue weighted by Crippen LogP contribution is 2.29. The summed E-state index contributed by atoms with van der Waals surface area (Å²) in [6.45, 7) is 5.27. The summed E-state index contributed by atoms with van der Waals surface area (Å²) < 4.78 is 11.0. The van der Waals surface area contributed by atoms with E-state index in [1.807, 2.05) is 26.0 Å². The number of ether oxygens (including phenoxy) is 2. The molecule has 0 spiro atoms. The number of benzene rings is 1. The summed E-state index contributed by atoms with van der Waals surface area (Å²) in [5.74, 6) is 0.897. The van der Waals surface area contributed by atoms with Crippen molar-refractivity contribution in [1.82, 2.24) is 0 Å². The van der Waals surface area contributed by atoms with E-state index in [0.29, 0.717) is 23.9 Å². The minimum absolute atomic E-state index is 0.125. The first-order chi connectivity index (χ1) is 8.67. The standard InChI is InChI=1S/C13H20ClNO2S/c1-3-16-13(17-4-2)7-8-18-12-6-5-10(15)9-11(12)14/h5-6,9,13H,3-4,7-8,15H2,1-2H3. The van der Waals surface area contributed by atoms with Crippen molar-refractivity contribution in [3.8, 4) is 0 Å². The van der Waals surface area contributed by atoms with Crippen LogP contribution >= 0.6 is 23.4 Å². The SMILES string of the molecule is CCOC(CCSc1ccc(N)cc1Cl)OCC. The van der Waals surface area contributed by atoms with Crippen molar-refractivity contribution >= 4 is 29.1 Å². The van der Waals surface area contributed by atoms with Gasteiger partial charge in [0.25, 0.3) is 0 Å². The topological polar surface area (TPSA) is 44.5 Å². The first-order valence-corrected chi connectivity index (χ1v) is 7.44. The van der Waals surface area contributed by atoms with Gasteiger partial charge >= 0.3 is 0 Å². The molecular weight excluding hydrogens is 270 g/mol. The quantitative estimate of drug-likeness (QED) is 0.449. The number of thioether (sulfide) groups is 1. The molecule has 0 aliphatic carbocycles. The van der Waals surface area contributed by atoms with Crippen molar-refractivity contribution in [2.75, 3.05) is 24.7 Å². The number of nitrogens with two attached hydrogens (primary N) is 1. The minimum atomic E-state index is -0.125. The molecule has 0 fully saturated rings. The van der Waals surface area contributed by atoms with Gasteiger partial charge in [-0.15, -0.1) is 11.8 Å². The molecule has 0 saturated heterocycles. The van der Waals surface area contributed by atoms with Crippen LogP contribution in [0.25, 0.3) is 0 Å². The number of anilines is 1. The van der Waals surface area contributed by atoms with Gasteiger partial charge in [-0.25, -0.2) is 0 Å². The van der Waals surface area contributed by atoms with Gasteiger partial charge in [-0.05, 0) is 32.0 Å². The van der Waals surface area contributed by atoms with Gasteiger partial charge in [0.05, 0.1) is 5.02 Å². The molecule has 0 aliphatic heterocycles. The van der Waals surface area contributed by atoms with Crippen LogP contribution in [0.5, 0.6) is 0 Å². The van der Waals surface area contributed by atoms with Gasteiger partial charge in [-0.3, -0.25) is 0 Å². The van der Waals surface area contributed by atoms with Crippen LogP contribution in [0.15, 0.2) is 23.1 Å². The summed E-state index contributed by atoms with van der Waals surface area (Å²) in [5.41, 5.74) is 6.34. The number of nitrogen functional groups attached to an aromatic ring is 1. The number of halogens is 1. The third-order valence-corrected chi connectivity index (χ3v) is 3.80. The zero-order chi connectivity index (χ0) is 13.4. The van der Waals surface area contributed by atoms with Crippen LogP contribution in [0, 0.1) is 0 Å². The van der Waals surface area contributed by atoms with Gasteiger partial charge in [0.2, 0.25) is 0 Å². The molecular formula is C13H20ClNO2S. The van der Waals surface area contributed by atoms with Gasteiger partial charge in [-0.2, -0.15) is 0 Å². The lowest BCUT2D eigenvalue weighted by Crippen LogP contribution is -2.18. The van der Waals surface area contributed by atoms with Gasteiger partial charge in [0.1, 0.15) is 0 Å². The Labute approximate surface area is 118 Å². The van der Waals surface area contributed by atoms with E-state index >= 15 is 0 Å². The molecule has 0 aromatic heterocycles. The summed E-state index contributed by atoms with van der Waals surface area (Å²) in [6, 6.07) is 5.57. The predicted molar refractivity (Wildman–Crippen MR) is 78.2 cm³/mol. The fourth-order valence-corrected chi connectivity index (χ4v) is 2.73. The second-order valence-corrected chi connectivity index (χ2v) is 5.21. The molecule has 0 unspecified atom stereocenters. The van der Waals surface area contributed by atoms with Crippen LogP contribution in [0.3, 0.4) is 0 Å². The fourth-order valence-electron chi connectivity index (χ4n) is 1.49. The summed E-state index contributed by atoms with van der Waals surface area (Å²) >= 11 is 7.79. The number of hydrogen-bond donors (Lipinski definition) is 1. The first-order valence-electron chi connectivity index (χ1n) is 6.08. The molecule has 5 heteroatoms. The van der Waals surface area contributed by atoms with E-state index in [0.717, 1.165) is 17.1 Å². The van der Waals surface area contributed by atoms with E-state index in [4.69, 9.17) is 26.8 Å². The lowest BCUT2D eigenvalue weighted by atomic mass is 10.3. The Balaban J connectivity index is 2.39. The van der Waals surface area contributed by atoms with E-state index in [9.17, 15) is 0 Å². The van der Waals surface area contributed by atoms with Crippen molar-refractivity contribution in [2.45, 2.75) is 31.5 Å². The molecule has 102 valence electrons. The van der Waals surface area contributed by atoms with Crippen LogP contribution in [-0.4, -0.2) is 25.3 Å². The van der Waals surface area contributed by atoms with Crippen molar-refractivity contribution in [1.29, 1.82) is 0 Å². The molecule has 1 aromatic rings. The molecule has 0 bridgehead atoms. The van der Waals surface area contributed by atoms with Crippen LogP contribution in [0.1, 0.15) is 20.3 Å². The molecule has 2 N–H and O–H groups in total. The summed E-state index contributed by atoms with van der Waals surface area (Å²) in [6.07, 6.45) is 0.715. The molecule has 0 saturated carbocycles. The lowest BCUT2D eigenvalue weighted by molar-refractivity contribution is -0.136. The summed E-state index contributed by atoms with van der Waals surface area (Å²) in [4.78, 5) is 1.04. The van der Waals surface area contributed by atoms with E-state index in [-0.39, 0.29) is 6.29 Å². The normalized spacial score (nSPS) is 11.1. The molecule has 3 nitrogen and oxygen atoms in total. The Hall–Kier alpha value is -0.420. The Morgan fingerprint density at radius 3 is 2.50 bits per heavy atom. The third kappa shape index (κ3) is 5.48. The van der Waals surface area contributed by atoms with Gasteiger partial charge in [0, 0.05) is 36.0 Å². The van der Waals surface area contributed by atoms with E-state index in [2.05, 4.69) is 0 Å². The fraction of sp³-hybridized carbons (Fsp3) is 0.538. The monoisotopic (exact) mass is 289 g/mol. The average molecular weight is 290 g/mol. The van der Waals surface area contributed by atoms with Crippen LogP contribution in [0.2, 0.25) is 5.02 Å². The number of rotatable bonds is 8. The van der Waals surface area contributed by atoms with E-state index in [1.54, 1.807) is 17.8 Å². The molecule has 18 heavy (non-hydrogen) atoms. The molecule has 1 rings (SSSR count). The predicted octanol–water partition coefficient (Wildman–Crippen LogP) is 3.80. The zero-order valence-electron chi connectivity index (χ0n) is 10.8. The van der Waals surface area contributed by atoms with E-state index in [1.165, 1.54) is 0 Å². The van der Waals surface area contributed by atoms with Crippen molar-refractivity contribution in [2.24, 2.45) is 0 Å². The Kier molecular flexibility index (Phi) is 7.51. The maximum atomic E-state index is 6.10. The summed E-state index contributed by atoms with van der Waals surface area (Å²) in [5, 5.41) is 0.698. The first kappa shape index (κ1) is 15.6. The minimum Gasteiger partial charge on any atom is -0.399 e. The second kappa shape index (κ2) is 8.64. The third-order valence-electron chi connectivity index (χ3n) is 2.27. The van der Waals surface area contributed by atoms with Crippen molar-refractivity contribution in [3.63, 3.8) is 0 Å². The van der Waals surface area contributed by atoms with E-state index < -0.39 is 0 Å². The van der Waals surface area contributed by atoms with Crippen molar-refractivity contribution in [3.05, 3.63) is 23.2 Å². The molecule has 1 aromatic carbocycles. The highest BCUT2D eigenvalue weighted by molar-refractivity contribution is 7.99. The number of hydrogen-bond acceptors (Lipinski definition) is 4. The van der Waals surface area contributed by atoms with Crippen LogP contribution in [0.4, 0.5) is 5.69 Å². The molecule has 0 heterocycles. The Morgan fingerprint density at radius 2 is 1.94 bits per heavy atom. The van der Waals surface area contributed by atoms with Gasteiger partial charge in [0.15, 0.2) is 6.29 Å². The largest absolute Gasteiger partial charge is 0.399 e. The molecule has 0 aliphatic rings. The van der Waals surface area contributed by atoms with Crippen LogP contribution < -0.4 is 5.73 Å². The maximum absolute atomic E-state index is 6.10. The average Bonchev–Trinajstić information content (AvgIpc) is 2.32.